The lowest BCUT2D eigenvalue weighted by atomic mass is 10.1. The van der Waals surface area contributed by atoms with E-state index in [0.29, 0.717) is 17.9 Å². The highest BCUT2D eigenvalue weighted by atomic mass is 32.2. The van der Waals surface area contributed by atoms with E-state index in [9.17, 15) is 13.2 Å². The zero-order chi connectivity index (χ0) is 19.9. The molecule has 6 nitrogen and oxygen atoms in total. The van der Waals surface area contributed by atoms with Crippen LogP contribution in [0, 0.1) is 6.92 Å². The molecular weight excluding hydrogens is 364 g/mol. The molecule has 0 saturated carbocycles. The van der Waals surface area contributed by atoms with Crippen LogP contribution in [-0.4, -0.2) is 33.0 Å². The van der Waals surface area contributed by atoms with E-state index in [1.54, 1.807) is 24.3 Å². The molecule has 1 aromatic carbocycles. The molecule has 2 rings (SSSR count). The van der Waals surface area contributed by atoms with Crippen molar-refractivity contribution in [3.63, 3.8) is 0 Å². The summed E-state index contributed by atoms with van der Waals surface area (Å²) in [4.78, 5) is 15.8. The number of pyridine rings is 1. The van der Waals surface area contributed by atoms with Gasteiger partial charge in [-0.15, -0.1) is 0 Å². The Hall–Kier alpha value is -2.67. The number of hydrogen-bond acceptors (Lipinski definition) is 5. The Kier molecular flexibility index (Phi) is 7.12. The number of rotatable bonds is 8. The van der Waals surface area contributed by atoms with Gasteiger partial charge in [-0.1, -0.05) is 37.6 Å². The quantitative estimate of drug-likeness (QED) is 0.392. The number of anilines is 1. The van der Waals surface area contributed by atoms with Gasteiger partial charge in [0.1, 0.15) is 0 Å². The minimum absolute atomic E-state index is 0.0374. The Balaban J connectivity index is 2.33. The first-order valence-corrected chi connectivity index (χ1v) is 10.2. The van der Waals surface area contributed by atoms with E-state index in [2.05, 4.69) is 4.98 Å². The maximum Gasteiger partial charge on any atom is 0.330 e. The number of para-hydroxylation sites is 1. The van der Waals surface area contributed by atoms with Crippen LogP contribution in [0.15, 0.2) is 53.7 Å². The number of benzene rings is 1. The molecule has 1 aromatic heterocycles. The number of carbonyl (C=O) groups is 1. The van der Waals surface area contributed by atoms with Crippen molar-refractivity contribution in [2.75, 3.05) is 18.0 Å². The molecule has 27 heavy (non-hydrogen) atoms. The minimum atomic E-state index is -3.82. The van der Waals surface area contributed by atoms with Crippen LogP contribution in [0.4, 0.5) is 5.69 Å². The fourth-order valence-electron chi connectivity index (χ4n) is 2.53. The van der Waals surface area contributed by atoms with E-state index >= 15 is 0 Å². The number of ether oxygens (including phenoxy) is 1. The lowest BCUT2D eigenvalue weighted by Gasteiger charge is -2.23. The lowest BCUT2D eigenvalue weighted by molar-refractivity contribution is -0.137. The van der Waals surface area contributed by atoms with Crippen LogP contribution in [0.5, 0.6) is 0 Å². The lowest BCUT2D eigenvalue weighted by Crippen LogP contribution is -2.28. The van der Waals surface area contributed by atoms with Crippen molar-refractivity contribution in [3.8, 4) is 0 Å². The molecule has 0 radical (unpaired) electrons. The van der Waals surface area contributed by atoms with E-state index in [-0.39, 0.29) is 5.03 Å². The second-order valence-corrected chi connectivity index (χ2v) is 7.92. The third kappa shape index (κ3) is 5.17. The van der Waals surface area contributed by atoms with E-state index in [1.807, 2.05) is 26.0 Å². The van der Waals surface area contributed by atoms with E-state index < -0.39 is 16.0 Å². The van der Waals surface area contributed by atoms with E-state index in [0.717, 1.165) is 18.4 Å². The molecule has 0 bridgehead atoms. The summed E-state index contributed by atoms with van der Waals surface area (Å²) in [5, 5.41) is -0.0374. The molecule has 1 heterocycles. The van der Waals surface area contributed by atoms with Gasteiger partial charge < -0.3 is 4.74 Å². The van der Waals surface area contributed by atoms with Crippen molar-refractivity contribution in [3.05, 3.63) is 59.8 Å². The Bertz CT molecular complexity index is 909. The average molecular weight is 388 g/mol. The van der Waals surface area contributed by atoms with E-state index in [4.69, 9.17) is 4.74 Å². The maximum absolute atomic E-state index is 12.9. The van der Waals surface area contributed by atoms with Gasteiger partial charge in [0.2, 0.25) is 0 Å². The minimum Gasteiger partial charge on any atom is -0.463 e. The molecule has 0 atom stereocenters. The van der Waals surface area contributed by atoms with Crippen molar-refractivity contribution < 1.29 is 17.9 Å². The summed E-state index contributed by atoms with van der Waals surface area (Å²) in [7, 11) is -2.35. The number of sulfonamides is 1. The average Bonchev–Trinajstić information content (AvgIpc) is 2.66. The summed E-state index contributed by atoms with van der Waals surface area (Å²) in [6.45, 7) is 4.20. The Morgan fingerprint density at radius 2 is 2.00 bits per heavy atom. The molecule has 0 N–H and O–H groups in total. The maximum atomic E-state index is 12.9. The Morgan fingerprint density at radius 1 is 1.22 bits per heavy atom. The number of esters is 1. The zero-order valence-corrected chi connectivity index (χ0v) is 16.6. The third-order valence-electron chi connectivity index (χ3n) is 3.99. The highest BCUT2D eigenvalue weighted by molar-refractivity contribution is 7.92. The van der Waals surface area contributed by atoms with Gasteiger partial charge in [-0.3, -0.25) is 4.31 Å². The molecule has 7 heteroatoms. The van der Waals surface area contributed by atoms with Crippen molar-refractivity contribution >= 4 is 27.8 Å². The molecule has 0 unspecified atom stereocenters. The SMILES string of the molecule is CCCCOC(=O)/C=C/c1cccc(C)c1N(C)S(=O)(=O)c1ccccn1. The Labute approximate surface area is 160 Å². The predicted octanol–water partition coefficient (Wildman–Crippen LogP) is 3.57. The van der Waals surface area contributed by atoms with Crippen molar-refractivity contribution in [2.24, 2.45) is 0 Å². The number of nitrogens with zero attached hydrogens (tertiary/aromatic N) is 2. The first-order valence-electron chi connectivity index (χ1n) is 8.72. The van der Waals surface area contributed by atoms with Gasteiger partial charge in [0.05, 0.1) is 12.3 Å². The second kappa shape index (κ2) is 9.32. The van der Waals surface area contributed by atoms with Crippen molar-refractivity contribution in [1.82, 2.24) is 4.98 Å². The van der Waals surface area contributed by atoms with Crippen LogP contribution in [-0.2, 0) is 19.6 Å². The normalized spacial score (nSPS) is 11.5. The largest absolute Gasteiger partial charge is 0.463 e. The van der Waals surface area contributed by atoms with E-state index in [1.165, 1.54) is 29.7 Å². The summed E-state index contributed by atoms with van der Waals surface area (Å²) >= 11 is 0. The van der Waals surface area contributed by atoms with Crippen LogP contribution in [0.1, 0.15) is 30.9 Å². The summed E-state index contributed by atoms with van der Waals surface area (Å²) in [5.41, 5.74) is 1.85. The van der Waals surface area contributed by atoms with Gasteiger partial charge in [0.15, 0.2) is 5.03 Å². The summed E-state index contributed by atoms with van der Waals surface area (Å²) in [5.74, 6) is -0.453. The third-order valence-corrected chi connectivity index (χ3v) is 5.66. The molecule has 0 fully saturated rings. The molecule has 0 amide bonds. The topological polar surface area (TPSA) is 76.6 Å². The standard InChI is InChI=1S/C20H24N2O4S/c1-4-5-15-26-19(23)13-12-17-10-8-9-16(2)20(17)22(3)27(24,25)18-11-6-7-14-21-18/h6-14H,4-5,15H2,1-3H3/b13-12+. The molecule has 0 spiro atoms. The molecule has 144 valence electrons. The highest BCUT2D eigenvalue weighted by Gasteiger charge is 2.25. The molecule has 0 saturated heterocycles. The molecule has 2 aromatic rings. The number of aryl methyl sites for hydroxylation is 1. The molecule has 0 aliphatic heterocycles. The van der Waals surface area contributed by atoms with Crippen LogP contribution in [0.2, 0.25) is 0 Å². The molecular formula is C20H24N2O4S. The van der Waals surface area contributed by atoms with Gasteiger partial charge in [0, 0.05) is 19.3 Å². The number of carbonyl (C=O) groups excluding carboxylic acids is 1. The predicted molar refractivity (Wildman–Crippen MR) is 106 cm³/mol. The first-order chi connectivity index (χ1) is 12.9. The van der Waals surface area contributed by atoms with Crippen molar-refractivity contribution in [1.29, 1.82) is 0 Å². The summed E-state index contributed by atoms with van der Waals surface area (Å²) in [6, 6.07) is 10.1. The first kappa shape index (κ1) is 20.6. The van der Waals surface area contributed by atoms with Gasteiger partial charge in [-0.25, -0.2) is 9.78 Å². The van der Waals surface area contributed by atoms with Crippen LogP contribution in [0.25, 0.3) is 6.08 Å². The highest BCUT2D eigenvalue weighted by Crippen LogP contribution is 2.29. The fourth-order valence-corrected chi connectivity index (χ4v) is 3.74. The van der Waals surface area contributed by atoms with Gasteiger partial charge in [-0.05, 0) is 42.7 Å². The summed E-state index contributed by atoms with van der Waals surface area (Å²) in [6.07, 6.45) is 6.07. The number of aromatic nitrogens is 1. The van der Waals surface area contributed by atoms with Crippen LogP contribution < -0.4 is 4.31 Å². The monoisotopic (exact) mass is 388 g/mol. The van der Waals surface area contributed by atoms with Gasteiger partial charge in [-0.2, -0.15) is 8.42 Å². The summed E-state index contributed by atoms with van der Waals surface area (Å²) < 4.78 is 32.1. The van der Waals surface area contributed by atoms with Gasteiger partial charge in [0.25, 0.3) is 10.0 Å². The van der Waals surface area contributed by atoms with Crippen LogP contribution >= 0.6 is 0 Å². The van der Waals surface area contributed by atoms with Crippen LogP contribution in [0.3, 0.4) is 0 Å². The number of hydrogen-bond donors (Lipinski definition) is 0. The second-order valence-electron chi connectivity index (χ2n) is 6.01. The zero-order valence-electron chi connectivity index (χ0n) is 15.8. The van der Waals surface area contributed by atoms with Crippen molar-refractivity contribution in [2.45, 2.75) is 31.7 Å². The molecule has 0 aliphatic carbocycles. The Morgan fingerprint density at radius 3 is 2.67 bits per heavy atom. The van der Waals surface area contributed by atoms with Gasteiger partial charge >= 0.3 is 5.97 Å². The fraction of sp³-hybridized carbons (Fsp3) is 0.300. The smallest absolute Gasteiger partial charge is 0.330 e. The molecule has 0 aliphatic rings. The number of unbranched alkanes of at least 4 members (excludes halogenated alkanes) is 1.